The molecule has 1 saturated heterocycles. The van der Waals surface area contributed by atoms with Crippen molar-refractivity contribution in [3.8, 4) is 0 Å². The molecule has 1 aliphatic heterocycles. The summed E-state index contributed by atoms with van der Waals surface area (Å²) in [6.45, 7) is 4.08. The van der Waals surface area contributed by atoms with Crippen LogP contribution in [0.3, 0.4) is 0 Å². The minimum atomic E-state index is -3.79. The average molecular weight is 427 g/mol. The SMILES string of the molecule is CC1CN(S(=O)(=O)c2cccc(C(=O)Nc3cc(Cl)ccc3F)c2)CC(C)O1. The predicted octanol–water partition coefficient (Wildman–Crippen LogP) is 3.53. The third-order valence-electron chi connectivity index (χ3n) is 4.30. The molecule has 0 aliphatic carbocycles. The van der Waals surface area contributed by atoms with E-state index in [1.165, 1.54) is 40.7 Å². The molecule has 6 nitrogen and oxygen atoms in total. The van der Waals surface area contributed by atoms with Gasteiger partial charge in [0.05, 0.1) is 22.8 Å². The van der Waals surface area contributed by atoms with Crippen LogP contribution in [0.1, 0.15) is 24.2 Å². The number of rotatable bonds is 4. The maximum absolute atomic E-state index is 13.8. The summed E-state index contributed by atoms with van der Waals surface area (Å²) in [5, 5.41) is 2.68. The van der Waals surface area contributed by atoms with Gasteiger partial charge in [0.15, 0.2) is 0 Å². The fourth-order valence-corrected chi connectivity index (χ4v) is 4.87. The first-order valence-corrected chi connectivity index (χ1v) is 10.5. The largest absolute Gasteiger partial charge is 0.373 e. The molecule has 1 fully saturated rings. The van der Waals surface area contributed by atoms with E-state index in [0.717, 1.165) is 6.07 Å². The summed E-state index contributed by atoms with van der Waals surface area (Å²) in [5.41, 5.74) is 0.0106. The molecule has 1 amide bonds. The van der Waals surface area contributed by atoms with Gasteiger partial charge in [0.1, 0.15) is 5.82 Å². The van der Waals surface area contributed by atoms with Gasteiger partial charge in [-0.15, -0.1) is 0 Å². The highest BCUT2D eigenvalue weighted by Gasteiger charge is 2.32. The number of carbonyl (C=O) groups is 1. The summed E-state index contributed by atoms with van der Waals surface area (Å²) >= 11 is 5.83. The highest BCUT2D eigenvalue weighted by molar-refractivity contribution is 7.89. The zero-order chi connectivity index (χ0) is 20.5. The lowest BCUT2D eigenvalue weighted by molar-refractivity contribution is -0.0440. The molecule has 0 spiro atoms. The van der Waals surface area contributed by atoms with Crippen molar-refractivity contribution >= 4 is 33.2 Å². The van der Waals surface area contributed by atoms with Crippen LogP contribution >= 0.6 is 11.6 Å². The Kier molecular flexibility index (Phi) is 6.04. The highest BCUT2D eigenvalue weighted by Crippen LogP contribution is 2.23. The average Bonchev–Trinajstić information content (AvgIpc) is 2.64. The third-order valence-corrected chi connectivity index (χ3v) is 6.36. The van der Waals surface area contributed by atoms with Crippen molar-refractivity contribution in [1.82, 2.24) is 4.31 Å². The van der Waals surface area contributed by atoms with Gasteiger partial charge in [-0.25, -0.2) is 12.8 Å². The Morgan fingerprint density at radius 1 is 1.18 bits per heavy atom. The van der Waals surface area contributed by atoms with Crippen LogP contribution in [0.25, 0.3) is 0 Å². The summed E-state index contributed by atoms with van der Waals surface area (Å²) in [4.78, 5) is 12.5. The van der Waals surface area contributed by atoms with E-state index in [4.69, 9.17) is 16.3 Å². The van der Waals surface area contributed by atoms with Crippen LogP contribution in [-0.2, 0) is 14.8 Å². The van der Waals surface area contributed by atoms with Crippen LogP contribution in [0, 0.1) is 5.82 Å². The molecule has 150 valence electrons. The molecule has 2 aromatic carbocycles. The topological polar surface area (TPSA) is 75.7 Å². The van der Waals surface area contributed by atoms with E-state index in [2.05, 4.69) is 5.32 Å². The molecule has 1 N–H and O–H groups in total. The van der Waals surface area contributed by atoms with Crippen LogP contribution < -0.4 is 5.32 Å². The molecule has 0 saturated carbocycles. The number of sulfonamides is 1. The Morgan fingerprint density at radius 2 is 1.86 bits per heavy atom. The second kappa shape index (κ2) is 8.16. The van der Waals surface area contributed by atoms with E-state index in [0.29, 0.717) is 0 Å². The molecule has 3 rings (SSSR count). The summed E-state index contributed by atoms with van der Waals surface area (Å²) < 4.78 is 46.7. The number of anilines is 1. The monoisotopic (exact) mass is 426 g/mol. The molecule has 0 bridgehead atoms. The first kappa shape index (κ1) is 20.7. The van der Waals surface area contributed by atoms with Crippen LogP contribution in [-0.4, -0.2) is 43.9 Å². The number of benzene rings is 2. The van der Waals surface area contributed by atoms with Gasteiger partial charge < -0.3 is 10.1 Å². The standard InChI is InChI=1S/C19H20ClFN2O4S/c1-12-10-23(11-13(2)27-12)28(25,26)16-5-3-4-14(8-16)19(24)22-18-9-15(20)6-7-17(18)21/h3-9,12-13H,10-11H2,1-2H3,(H,22,24). The molecule has 9 heteroatoms. The summed E-state index contributed by atoms with van der Waals surface area (Å²) in [5.74, 6) is -1.28. The Hall–Kier alpha value is -2.00. The van der Waals surface area contributed by atoms with E-state index in [1.54, 1.807) is 0 Å². The Balaban J connectivity index is 1.85. The molecule has 1 heterocycles. The van der Waals surface area contributed by atoms with Gasteiger partial charge in [0, 0.05) is 23.7 Å². The number of hydrogen-bond donors (Lipinski definition) is 1. The molecule has 1 aliphatic rings. The molecule has 0 radical (unpaired) electrons. The van der Waals surface area contributed by atoms with Gasteiger partial charge in [0.2, 0.25) is 10.0 Å². The number of hydrogen-bond acceptors (Lipinski definition) is 4. The molecule has 0 aromatic heterocycles. The van der Waals surface area contributed by atoms with E-state index in [9.17, 15) is 17.6 Å². The van der Waals surface area contributed by atoms with Gasteiger partial charge in [-0.2, -0.15) is 4.31 Å². The molecule has 2 aromatic rings. The van der Waals surface area contributed by atoms with Crippen LogP contribution in [0.15, 0.2) is 47.4 Å². The van der Waals surface area contributed by atoms with Gasteiger partial charge in [-0.3, -0.25) is 4.79 Å². The molecular weight excluding hydrogens is 407 g/mol. The lowest BCUT2D eigenvalue weighted by atomic mass is 10.2. The molecule has 28 heavy (non-hydrogen) atoms. The van der Waals surface area contributed by atoms with Crippen LogP contribution in [0.4, 0.5) is 10.1 Å². The minimum Gasteiger partial charge on any atom is -0.373 e. The Morgan fingerprint density at radius 3 is 2.54 bits per heavy atom. The maximum Gasteiger partial charge on any atom is 0.255 e. The number of halogens is 2. The molecular formula is C19H20ClFN2O4S. The summed E-state index contributed by atoms with van der Waals surface area (Å²) in [6.07, 6.45) is -0.452. The number of nitrogens with zero attached hydrogens (tertiary/aromatic N) is 1. The second-order valence-electron chi connectivity index (χ2n) is 6.69. The van der Waals surface area contributed by atoms with Crippen LogP contribution in [0.2, 0.25) is 5.02 Å². The van der Waals surface area contributed by atoms with Crippen molar-refractivity contribution in [1.29, 1.82) is 0 Å². The Bertz CT molecular complexity index is 989. The highest BCUT2D eigenvalue weighted by atomic mass is 35.5. The van der Waals surface area contributed by atoms with Gasteiger partial charge >= 0.3 is 0 Å². The van der Waals surface area contributed by atoms with Gasteiger partial charge in [0.25, 0.3) is 5.91 Å². The van der Waals surface area contributed by atoms with Gasteiger partial charge in [-0.1, -0.05) is 17.7 Å². The first-order valence-electron chi connectivity index (χ1n) is 8.69. The predicted molar refractivity (Wildman–Crippen MR) is 105 cm³/mol. The smallest absolute Gasteiger partial charge is 0.255 e. The fourth-order valence-electron chi connectivity index (χ4n) is 3.06. The van der Waals surface area contributed by atoms with E-state index >= 15 is 0 Å². The number of morpholine rings is 1. The number of amides is 1. The maximum atomic E-state index is 13.8. The number of carbonyl (C=O) groups excluding carboxylic acids is 1. The fraction of sp³-hybridized carbons (Fsp3) is 0.316. The van der Waals surface area contributed by atoms with Crippen molar-refractivity contribution in [2.24, 2.45) is 0 Å². The van der Waals surface area contributed by atoms with Crippen molar-refractivity contribution in [3.05, 3.63) is 58.9 Å². The van der Waals surface area contributed by atoms with Crippen molar-refractivity contribution < 1.29 is 22.3 Å². The number of nitrogens with one attached hydrogen (secondary N) is 1. The Labute approximate surface area is 168 Å². The normalized spacial score (nSPS) is 20.7. The first-order chi connectivity index (χ1) is 13.2. The van der Waals surface area contributed by atoms with Crippen molar-refractivity contribution in [3.63, 3.8) is 0 Å². The van der Waals surface area contributed by atoms with Crippen molar-refractivity contribution in [2.45, 2.75) is 31.0 Å². The summed E-state index contributed by atoms with van der Waals surface area (Å²) in [6, 6.07) is 9.43. The lowest BCUT2D eigenvalue weighted by Gasteiger charge is -2.34. The zero-order valence-corrected chi connectivity index (χ0v) is 16.9. The van der Waals surface area contributed by atoms with E-state index in [-0.39, 0.29) is 46.5 Å². The van der Waals surface area contributed by atoms with E-state index in [1.807, 2.05) is 13.8 Å². The van der Waals surface area contributed by atoms with Crippen LogP contribution in [0.5, 0.6) is 0 Å². The lowest BCUT2D eigenvalue weighted by Crippen LogP contribution is -2.48. The zero-order valence-electron chi connectivity index (χ0n) is 15.4. The quantitative estimate of drug-likeness (QED) is 0.811. The van der Waals surface area contributed by atoms with E-state index < -0.39 is 21.7 Å². The minimum absolute atomic E-state index is 0.00647. The van der Waals surface area contributed by atoms with Gasteiger partial charge in [-0.05, 0) is 50.2 Å². The number of ether oxygens (including phenoxy) is 1. The third kappa shape index (κ3) is 4.52. The van der Waals surface area contributed by atoms with Crippen molar-refractivity contribution in [2.75, 3.05) is 18.4 Å². The molecule has 2 atom stereocenters. The molecule has 2 unspecified atom stereocenters. The second-order valence-corrected chi connectivity index (χ2v) is 9.06. The summed E-state index contributed by atoms with van der Waals surface area (Å²) in [7, 11) is -3.79.